The number of rotatable bonds is 10. The lowest BCUT2D eigenvalue weighted by atomic mass is 9.87. The van der Waals surface area contributed by atoms with Crippen molar-refractivity contribution < 1.29 is 13.9 Å². The summed E-state index contributed by atoms with van der Waals surface area (Å²) in [6.07, 6.45) is 3.06. The number of anilines is 1. The number of para-hydroxylation sites is 2. The number of hydrogen-bond acceptors (Lipinski definition) is 4. The standard InChI is InChI=1S/C29H35F2N3O/c1-2-29(32-27-7-3-4-8-28(27)35)34-20-18-33(19-21-34)17-5-6-26(22-9-13-24(30)14-10-22)23-11-15-25(31)16-12-23/h3-4,7-16,26,29,32,35H,2,5-6,17-21H2,1H3. The minimum Gasteiger partial charge on any atom is -0.506 e. The van der Waals surface area contributed by atoms with Gasteiger partial charge in [-0.3, -0.25) is 4.90 Å². The first-order valence-corrected chi connectivity index (χ1v) is 12.6. The average molecular weight is 480 g/mol. The molecule has 2 N–H and O–H groups in total. The fourth-order valence-corrected chi connectivity index (χ4v) is 4.96. The molecule has 1 aliphatic heterocycles. The zero-order valence-corrected chi connectivity index (χ0v) is 20.3. The highest BCUT2D eigenvalue weighted by Gasteiger charge is 2.23. The Balaban J connectivity index is 1.30. The minimum atomic E-state index is -0.244. The average Bonchev–Trinajstić information content (AvgIpc) is 2.88. The van der Waals surface area contributed by atoms with Gasteiger partial charge in [0.05, 0.1) is 11.9 Å². The summed E-state index contributed by atoms with van der Waals surface area (Å²) in [4.78, 5) is 4.94. The van der Waals surface area contributed by atoms with Gasteiger partial charge in [0.15, 0.2) is 0 Å². The van der Waals surface area contributed by atoms with Crippen LogP contribution in [0.1, 0.15) is 43.2 Å². The molecule has 1 fully saturated rings. The zero-order valence-electron chi connectivity index (χ0n) is 20.3. The Kier molecular flexibility index (Phi) is 8.72. The minimum absolute atomic E-state index is 0.115. The maximum absolute atomic E-state index is 13.5. The van der Waals surface area contributed by atoms with Crippen molar-refractivity contribution in [3.8, 4) is 5.75 Å². The third kappa shape index (κ3) is 6.80. The lowest BCUT2D eigenvalue weighted by Gasteiger charge is -2.39. The fourth-order valence-electron chi connectivity index (χ4n) is 4.96. The molecule has 0 amide bonds. The molecule has 6 heteroatoms. The van der Waals surface area contributed by atoms with Gasteiger partial charge in [0.25, 0.3) is 0 Å². The van der Waals surface area contributed by atoms with Gasteiger partial charge in [-0.25, -0.2) is 8.78 Å². The van der Waals surface area contributed by atoms with Crippen LogP contribution in [0.25, 0.3) is 0 Å². The summed E-state index contributed by atoms with van der Waals surface area (Å²) < 4.78 is 27.0. The molecule has 35 heavy (non-hydrogen) atoms. The van der Waals surface area contributed by atoms with Crippen LogP contribution in [0.5, 0.6) is 5.75 Å². The van der Waals surface area contributed by atoms with E-state index in [2.05, 4.69) is 22.0 Å². The summed E-state index contributed by atoms with van der Waals surface area (Å²) in [6.45, 7) is 7.09. The van der Waals surface area contributed by atoms with Crippen molar-refractivity contribution in [3.05, 3.63) is 95.6 Å². The summed E-state index contributed by atoms with van der Waals surface area (Å²) in [5.41, 5.74) is 2.89. The quantitative estimate of drug-likeness (QED) is 0.347. The van der Waals surface area contributed by atoms with E-state index in [4.69, 9.17) is 0 Å². The number of phenolic OH excluding ortho intramolecular Hbond substituents is 1. The smallest absolute Gasteiger partial charge is 0.138 e. The predicted octanol–water partition coefficient (Wildman–Crippen LogP) is 6.05. The predicted molar refractivity (Wildman–Crippen MR) is 138 cm³/mol. The van der Waals surface area contributed by atoms with Crippen molar-refractivity contribution in [1.29, 1.82) is 0 Å². The van der Waals surface area contributed by atoms with Gasteiger partial charge in [0.1, 0.15) is 17.4 Å². The zero-order chi connectivity index (χ0) is 24.6. The molecule has 0 aliphatic carbocycles. The normalized spacial score (nSPS) is 15.9. The van der Waals surface area contributed by atoms with E-state index in [-0.39, 0.29) is 29.5 Å². The molecular formula is C29H35F2N3O. The molecule has 3 aromatic carbocycles. The van der Waals surface area contributed by atoms with Crippen LogP contribution in [0.2, 0.25) is 0 Å². The molecule has 0 bridgehead atoms. The molecule has 0 saturated carbocycles. The molecule has 4 rings (SSSR count). The summed E-state index contributed by atoms with van der Waals surface area (Å²) in [5.74, 6) is -0.0928. The highest BCUT2D eigenvalue weighted by atomic mass is 19.1. The Morgan fingerprint density at radius 1 is 0.829 bits per heavy atom. The van der Waals surface area contributed by atoms with Crippen molar-refractivity contribution in [3.63, 3.8) is 0 Å². The van der Waals surface area contributed by atoms with E-state index < -0.39 is 0 Å². The van der Waals surface area contributed by atoms with E-state index in [1.54, 1.807) is 6.07 Å². The van der Waals surface area contributed by atoms with Gasteiger partial charge in [0, 0.05) is 32.1 Å². The summed E-state index contributed by atoms with van der Waals surface area (Å²) >= 11 is 0. The highest BCUT2D eigenvalue weighted by Crippen LogP contribution is 2.30. The summed E-state index contributed by atoms with van der Waals surface area (Å²) in [7, 11) is 0. The molecule has 1 aliphatic rings. The Morgan fingerprint density at radius 3 is 1.94 bits per heavy atom. The lowest BCUT2D eigenvalue weighted by Crippen LogP contribution is -2.52. The second-order valence-corrected chi connectivity index (χ2v) is 9.26. The molecule has 1 atom stereocenters. The molecule has 0 aromatic heterocycles. The monoisotopic (exact) mass is 479 g/mol. The van der Waals surface area contributed by atoms with Crippen LogP contribution in [0.15, 0.2) is 72.8 Å². The van der Waals surface area contributed by atoms with Crippen molar-refractivity contribution in [2.24, 2.45) is 0 Å². The van der Waals surface area contributed by atoms with Crippen LogP contribution in [0, 0.1) is 11.6 Å². The molecule has 3 aromatic rings. The number of halogens is 2. The Bertz CT molecular complexity index is 1000. The van der Waals surface area contributed by atoms with Crippen molar-refractivity contribution in [2.75, 3.05) is 38.0 Å². The van der Waals surface area contributed by atoms with Crippen LogP contribution >= 0.6 is 0 Å². The highest BCUT2D eigenvalue weighted by molar-refractivity contribution is 5.55. The van der Waals surface area contributed by atoms with Crippen LogP contribution in [-0.4, -0.2) is 53.8 Å². The van der Waals surface area contributed by atoms with Gasteiger partial charge >= 0.3 is 0 Å². The maximum atomic E-state index is 13.5. The molecular weight excluding hydrogens is 444 g/mol. The molecule has 0 spiro atoms. The van der Waals surface area contributed by atoms with Gasteiger partial charge in [-0.2, -0.15) is 0 Å². The second-order valence-electron chi connectivity index (χ2n) is 9.26. The van der Waals surface area contributed by atoms with E-state index in [9.17, 15) is 13.9 Å². The molecule has 4 nitrogen and oxygen atoms in total. The number of nitrogens with zero attached hydrogens (tertiary/aromatic N) is 2. The Morgan fingerprint density at radius 2 is 1.40 bits per heavy atom. The lowest BCUT2D eigenvalue weighted by molar-refractivity contribution is 0.102. The third-order valence-electron chi connectivity index (χ3n) is 6.97. The van der Waals surface area contributed by atoms with E-state index in [1.807, 2.05) is 42.5 Å². The van der Waals surface area contributed by atoms with Gasteiger partial charge in [-0.1, -0.05) is 43.3 Å². The van der Waals surface area contributed by atoms with Crippen LogP contribution in [0.4, 0.5) is 14.5 Å². The Hall–Kier alpha value is -2.96. The van der Waals surface area contributed by atoms with Crippen molar-refractivity contribution >= 4 is 5.69 Å². The first-order valence-electron chi connectivity index (χ1n) is 12.6. The number of aromatic hydroxyl groups is 1. The molecule has 1 saturated heterocycles. The fraction of sp³-hybridized carbons (Fsp3) is 0.379. The SMILES string of the molecule is CCC(Nc1ccccc1O)N1CCN(CCCC(c2ccc(F)cc2)c2ccc(F)cc2)CC1. The second kappa shape index (κ2) is 12.1. The van der Waals surface area contributed by atoms with E-state index >= 15 is 0 Å². The van der Waals surface area contributed by atoms with Crippen LogP contribution in [0.3, 0.4) is 0 Å². The topological polar surface area (TPSA) is 38.7 Å². The first kappa shape index (κ1) is 25.1. The summed E-state index contributed by atoms with van der Waals surface area (Å²) in [5, 5.41) is 13.6. The van der Waals surface area contributed by atoms with E-state index in [0.29, 0.717) is 0 Å². The number of phenols is 1. The maximum Gasteiger partial charge on any atom is 0.138 e. The van der Waals surface area contributed by atoms with Gasteiger partial charge in [-0.15, -0.1) is 0 Å². The van der Waals surface area contributed by atoms with Gasteiger partial charge in [0.2, 0.25) is 0 Å². The van der Waals surface area contributed by atoms with Crippen molar-refractivity contribution in [1.82, 2.24) is 9.80 Å². The third-order valence-corrected chi connectivity index (χ3v) is 6.97. The van der Waals surface area contributed by atoms with Gasteiger partial charge in [-0.05, 0) is 73.3 Å². The number of benzene rings is 3. The largest absolute Gasteiger partial charge is 0.506 e. The van der Waals surface area contributed by atoms with Gasteiger partial charge < -0.3 is 15.3 Å². The number of nitrogens with one attached hydrogen (secondary N) is 1. The summed E-state index contributed by atoms with van der Waals surface area (Å²) in [6, 6.07) is 20.7. The van der Waals surface area contributed by atoms with E-state index in [0.717, 1.165) is 68.8 Å². The first-order chi connectivity index (χ1) is 17.0. The molecule has 1 unspecified atom stereocenters. The molecule has 186 valence electrons. The number of piperazine rings is 1. The van der Waals surface area contributed by atoms with E-state index in [1.165, 1.54) is 24.3 Å². The Labute approximate surface area is 207 Å². The van der Waals surface area contributed by atoms with Crippen LogP contribution < -0.4 is 5.32 Å². The van der Waals surface area contributed by atoms with Crippen molar-refractivity contribution in [2.45, 2.75) is 38.3 Å². The molecule has 0 radical (unpaired) electrons. The van der Waals surface area contributed by atoms with Crippen LogP contribution in [-0.2, 0) is 0 Å². The number of hydrogen-bond donors (Lipinski definition) is 2. The molecule has 1 heterocycles.